The lowest BCUT2D eigenvalue weighted by atomic mass is 10.3. The number of hydrazine groups is 1. The van der Waals surface area contributed by atoms with Gasteiger partial charge in [-0.1, -0.05) is 0 Å². The Bertz CT molecular complexity index is 645. The van der Waals surface area contributed by atoms with Crippen molar-refractivity contribution in [3.05, 3.63) is 42.7 Å². The van der Waals surface area contributed by atoms with Gasteiger partial charge < -0.3 is 19.6 Å². The molecule has 0 saturated carbocycles. The van der Waals surface area contributed by atoms with E-state index in [0.717, 1.165) is 11.2 Å². The summed E-state index contributed by atoms with van der Waals surface area (Å²) in [6.45, 7) is 0.611. The van der Waals surface area contributed by atoms with E-state index in [1.54, 1.807) is 24.9 Å². The summed E-state index contributed by atoms with van der Waals surface area (Å²) < 4.78 is 6.85. The molecule has 92 valence electrons. The highest BCUT2D eigenvalue weighted by molar-refractivity contribution is 5.65. The van der Waals surface area contributed by atoms with Crippen LogP contribution in [-0.2, 0) is 6.54 Å². The average Bonchev–Trinajstić information content (AvgIpc) is 3.06. The molecular formula is C11H12N6O. The van der Waals surface area contributed by atoms with Crippen molar-refractivity contribution in [3.8, 4) is 0 Å². The molecule has 3 rings (SSSR count). The summed E-state index contributed by atoms with van der Waals surface area (Å²) in [5.41, 5.74) is 4.31. The minimum absolute atomic E-state index is 0.565. The molecule has 0 aliphatic carbocycles. The Morgan fingerprint density at radius 1 is 1.44 bits per heavy atom. The Labute approximate surface area is 103 Å². The zero-order valence-corrected chi connectivity index (χ0v) is 9.50. The molecule has 0 aliphatic heterocycles. The molecule has 18 heavy (non-hydrogen) atoms. The van der Waals surface area contributed by atoms with E-state index in [9.17, 15) is 0 Å². The molecule has 3 aromatic rings. The number of aromatic nitrogens is 3. The molecule has 7 heteroatoms. The largest absolute Gasteiger partial charge is 0.472 e. The average molecular weight is 244 g/mol. The number of anilines is 2. The molecule has 0 aliphatic rings. The van der Waals surface area contributed by atoms with Crippen LogP contribution in [0.2, 0.25) is 0 Å². The summed E-state index contributed by atoms with van der Waals surface area (Å²) in [5.74, 6) is 6.61. The van der Waals surface area contributed by atoms with Crippen molar-refractivity contribution >= 4 is 17.3 Å². The molecule has 0 amide bonds. The van der Waals surface area contributed by atoms with E-state index in [1.807, 2.05) is 16.7 Å². The second-order valence-electron chi connectivity index (χ2n) is 3.76. The highest BCUT2D eigenvalue weighted by Gasteiger charge is 2.06. The van der Waals surface area contributed by atoms with Crippen molar-refractivity contribution in [2.24, 2.45) is 5.84 Å². The van der Waals surface area contributed by atoms with Crippen LogP contribution < -0.4 is 16.6 Å². The van der Waals surface area contributed by atoms with Crippen LogP contribution in [0.1, 0.15) is 5.56 Å². The van der Waals surface area contributed by atoms with E-state index in [-0.39, 0.29) is 0 Å². The number of fused-ring (bicyclic) bond motifs is 1. The van der Waals surface area contributed by atoms with Gasteiger partial charge in [0.05, 0.1) is 18.7 Å². The topological polar surface area (TPSA) is 93.4 Å². The molecule has 4 N–H and O–H groups in total. The fourth-order valence-corrected chi connectivity index (χ4v) is 1.70. The first-order valence-electron chi connectivity index (χ1n) is 5.42. The zero-order chi connectivity index (χ0) is 12.4. The van der Waals surface area contributed by atoms with Crippen LogP contribution in [0.4, 0.5) is 11.6 Å². The van der Waals surface area contributed by atoms with E-state index < -0.39 is 0 Å². The number of nitrogens with zero attached hydrogens (tertiary/aromatic N) is 3. The van der Waals surface area contributed by atoms with Crippen molar-refractivity contribution < 1.29 is 4.42 Å². The number of furan rings is 1. The van der Waals surface area contributed by atoms with Gasteiger partial charge in [0.1, 0.15) is 0 Å². The molecule has 0 fully saturated rings. The van der Waals surface area contributed by atoms with Gasteiger partial charge in [-0.25, -0.2) is 15.8 Å². The van der Waals surface area contributed by atoms with E-state index in [2.05, 4.69) is 20.7 Å². The minimum Gasteiger partial charge on any atom is -0.472 e. The molecule has 3 aromatic heterocycles. The Balaban J connectivity index is 1.92. The number of nitrogen functional groups attached to an aromatic ring is 1. The normalized spacial score (nSPS) is 10.7. The molecule has 0 spiro atoms. The van der Waals surface area contributed by atoms with Gasteiger partial charge >= 0.3 is 0 Å². The van der Waals surface area contributed by atoms with E-state index >= 15 is 0 Å². The summed E-state index contributed by atoms with van der Waals surface area (Å²) in [5, 5.41) is 3.20. The van der Waals surface area contributed by atoms with E-state index in [4.69, 9.17) is 10.3 Å². The van der Waals surface area contributed by atoms with Crippen molar-refractivity contribution in [3.63, 3.8) is 0 Å². The molecule has 3 heterocycles. The summed E-state index contributed by atoms with van der Waals surface area (Å²) in [7, 11) is 0. The minimum atomic E-state index is 0.565. The fraction of sp³-hybridized carbons (Fsp3) is 0.0909. The van der Waals surface area contributed by atoms with Crippen LogP contribution in [0.25, 0.3) is 5.65 Å². The highest BCUT2D eigenvalue weighted by Crippen LogP contribution is 2.16. The molecule has 0 radical (unpaired) electrons. The summed E-state index contributed by atoms with van der Waals surface area (Å²) in [4.78, 5) is 8.57. The van der Waals surface area contributed by atoms with Gasteiger partial charge in [0, 0.05) is 24.5 Å². The first kappa shape index (κ1) is 10.6. The van der Waals surface area contributed by atoms with Gasteiger partial charge in [-0.15, -0.1) is 0 Å². The van der Waals surface area contributed by atoms with Gasteiger partial charge in [0.25, 0.3) is 0 Å². The molecule has 0 aromatic carbocycles. The van der Waals surface area contributed by atoms with Crippen molar-refractivity contribution in [1.82, 2.24) is 14.4 Å². The number of rotatable bonds is 4. The van der Waals surface area contributed by atoms with Gasteiger partial charge in [-0.05, 0) is 6.07 Å². The monoisotopic (exact) mass is 244 g/mol. The molecule has 0 atom stereocenters. The SMILES string of the molecule is NNc1cn2ccnc2c(NCc2ccoc2)n1. The Morgan fingerprint density at radius 2 is 2.39 bits per heavy atom. The Morgan fingerprint density at radius 3 is 3.17 bits per heavy atom. The molecule has 0 bridgehead atoms. The Hall–Kier alpha value is -2.54. The van der Waals surface area contributed by atoms with Crippen LogP contribution >= 0.6 is 0 Å². The predicted molar refractivity (Wildman–Crippen MR) is 66.8 cm³/mol. The number of imidazole rings is 1. The summed E-state index contributed by atoms with van der Waals surface area (Å²) in [6.07, 6.45) is 8.63. The molecule has 0 unspecified atom stereocenters. The molecule has 0 saturated heterocycles. The maximum Gasteiger partial charge on any atom is 0.180 e. The third-order valence-electron chi connectivity index (χ3n) is 2.56. The van der Waals surface area contributed by atoms with Crippen LogP contribution in [-0.4, -0.2) is 14.4 Å². The van der Waals surface area contributed by atoms with Crippen molar-refractivity contribution in [2.75, 3.05) is 10.7 Å². The summed E-state index contributed by atoms with van der Waals surface area (Å²) >= 11 is 0. The van der Waals surface area contributed by atoms with Crippen LogP contribution in [0.15, 0.2) is 41.6 Å². The number of hydrogen-bond acceptors (Lipinski definition) is 6. The Kier molecular flexibility index (Phi) is 2.58. The lowest BCUT2D eigenvalue weighted by Crippen LogP contribution is -2.12. The smallest absolute Gasteiger partial charge is 0.180 e. The van der Waals surface area contributed by atoms with Gasteiger partial charge in [0.2, 0.25) is 0 Å². The maximum atomic E-state index is 5.38. The first-order chi connectivity index (χ1) is 8.86. The van der Waals surface area contributed by atoms with Gasteiger partial charge in [0.15, 0.2) is 17.3 Å². The van der Waals surface area contributed by atoms with Crippen LogP contribution in [0, 0.1) is 0 Å². The number of hydrogen-bond donors (Lipinski definition) is 3. The third-order valence-corrected chi connectivity index (χ3v) is 2.56. The second kappa shape index (κ2) is 4.38. The van der Waals surface area contributed by atoms with Crippen molar-refractivity contribution in [2.45, 2.75) is 6.54 Å². The van der Waals surface area contributed by atoms with Gasteiger partial charge in [-0.3, -0.25) is 0 Å². The number of nitrogens with two attached hydrogens (primary N) is 1. The highest BCUT2D eigenvalue weighted by atomic mass is 16.3. The predicted octanol–water partition coefficient (Wildman–Crippen LogP) is 1.22. The first-order valence-corrected chi connectivity index (χ1v) is 5.42. The number of nitrogens with one attached hydrogen (secondary N) is 2. The molecular weight excluding hydrogens is 232 g/mol. The quantitative estimate of drug-likeness (QED) is 0.472. The summed E-state index contributed by atoms with van der Waals surface area (Å²) in [6, 6.07) is 1.89. The van der Waals surface area contributed by atoms with Crippen LogP contribution in [0.3, 0.4) is 0 Å². The molecule has 7 nitrogen and oxygen atoms in total. The lowest BCUT2D eigenvalue weighted by molar-refractivity contribution is 0.564. The van der Waals surface area contributed by atoms with E-state index in [1.165, 1.54) is 0 Å². The standard InChI is InChI=1S/C11H12N6O/c12-16-9-6-17-3-2-13-11(17)10(15-9)14-5-8-1-4-18-7-8/h1-4,6-7,16H,5,12H2,(H,14,15). The van der Waals surface area contributed by atoms with Gasteiger partial charge in [-0.2, -0.15) is 0 Å². The van der Waals surface area contributed by atoms with Crippen molar-refractivity contribution in [1.29, 1.82) is 0 Å². The third kappa shape index (κ3) is 1.87. The zero-order valence-electron chi connectivity index (χ0n) is 9.50. The fourth-order valence-electron chi connectivity index (χ4n) is 1.70. The lowest BCUT2D eigenvalue weighted by Gasteiger charge is -2.08. The van der Waals surface area contributed by atoms with E-state index in [0.29, 0.717) is 18.2 Å². The van der Waals surface area contributed by atoms with Crippen LogP contribution in [0.5, 0.6) is 0 Å². The maximum absolute atomic E-state index is 5.38. The second-order valence-corrected chi connectivity index (χ2v) is 3.76.